The van der Waals surface area contributed by atoms with Crippen molar-refractivity contribution in [2.24, 2.45) is 0 Å². The molecule has 0 bridgehead atoms. The summed E-state index contributed by atoms with van der Waals surface area (Å²) < 4.78 is 7.39. The second kappa shape index (κ2) is 7.57. The Labute approximate surface area is 155 Å². The zero-order chi connectivity index (χ0) is 18.8. The van der Waals surface area contributed by atoms with Crippen LogP contribution >= 0.6 is 0 Å². The summed E-state index contributed by atoms with van der Waals surface area (Å²) in [5.41, 5.74) is 1.91. The van der Waals surface area contributed by atoms with Crippen molar-refractivity contribution in [1.82, 2.24) is 19.5 Å². The summed E-state index contributed by atoms with van der Waals surface area (Å²) in [6.07, 6.45) is 0.834. The van der Waals surface area contributed by atoms with Gasteiger partial charge in [-0.15, -0.1) is 0 Å². The predicted molar refractivity (Wildman–Crippen MR) is 96.8 cm³/mol. The zero-order valence-corrected chi connectivity index (χ0v) is 14.5. The molecule has 4 N–H and O–H groups in total. The number of aliphatic hydroxyl groups excluding tert-OH is 3. The molecule has 1 aromatic carbocycles. The second-order valence-corrected chi connectivity index (χ2v) is 6.47. The first-order chi connectivity index (χ1) is 13.2. The van der Waals surface area contributed by atoms with Crippen LogP contribution in [0.2, 0.25) is 0 Å². The van der Waals surface area contributed by atoms with E-state index in [4.69, 9.17) is 4.74 Å². The molecule has 0 aliphatic carbocycles. The van der Waals surface area contributed by atoms with Crippen molar-refractivity contribution >= 4 is 17.0 Å². The van der Waals surface area contributed by atoms with Gasteiger partial charge in [0.05, 0.1) is 25.1 Å². The number of hydrogen-bond acceptors (Lipinski definition) is 8. The smallest absolute Gasteiger partial charge is 0.167 e. The molecule has 3 aromatic rings. The number of aliphatic hydroxyl groups is 3. The zero-order valence-electron chi connectivity index (χ0n) is 14.5. The van der Waals surface area contributed by atoms with Crippen LogP contribution < -0.4 is 5.32 Å². The predicted octanol–water partition coefficient (Wildman–Crippen LogP) is 0.613. The third kappa shape index (κ3) is 3.50. The molecule has 1 fully saturated rings. The number of imidazole rings is 1. The van der Waals surface area contributed by atoms with E-state index in [1.54, 1.807) is 10.9 Å². The number of rotatable bonds is 6. The number of nitrogens with zero attached hydrogens (tertiary/aromatic N) is 4. The Balaban J connectivity index is 1.53. The van der Waals surface area contributed by atoms with Gasteiger partial charge in [0.1, 0.15) is 18.7 Å². The summed E-state index contributed by atoms with van der Waals surface area (Å²) in [4.78, 5) is 12.8. The summed E-state index contributed by atoms with van der Waals surface area (Å²) >= 11 is 0. The summed E-state index contributed by atoms with van der Waals surface area (Å²) in [6.45, 7) is 0.0255. The highest BCUT2D eigenvalue weighted by Crippen LogP contribution is 2.31. The van der Waals surface area contributed by atoms with Crippen LogP contribution in [0.25, 0.3) is 11.2 Å². The van der Waals surface area contributed by atoms with E-state index in [9.17, 15) is 15.3 Å². The van der Waals surface area contributed by atoms with Gasteiger partial charge in [-0.1, -0.05) is 30.3 Å². The molecule has 0 spiro atoms. The van der Waals surface area contributed by atoms with E-state index in [1.807, 2.05) is 30.3 Å². The van der Waals surface area contributed by atoms with Crippen LogP contribution in [-0.4, -0.2) is 60.2 Å². The number of aromatic nitrogens is 4. The van der Waals surface area contributed by atoms with Crippen LogP contribution in [-0.2, 0) is 4.74 Å². The van der Waals surface area contributed by atoms with Crippen LogP contribution in [0.4, 0.5) is 5.82 Å². The van der Waals surface area contributed by atoms with Gasteiger partial charge in [0.25, 0.3) is 0 Å². The fourth-order valence-corrected chi connectivity index (χ4v) is 3.23. The van der Waals surface area contributed by atoms with Crippen molar-refractivity contribution in [3.8, 4) is 0 Å². The molecular weight excluding hydrogens is 350 g/mol. The fraction of sp³-hybridized carbons (Fsp3) is 0.389. The van der Waals surface area contributed by atoms with E-state index >= 15 is 0 Å². The topological polar surface area (TPSA) is 126 Å². The maximum Gasteiger partial charge on any atom is 0.167 e. The molecule has 1 aliphatic rings. The first kappa shape index (κ1) is 17.8. The van der Waals surface area contributed by atoms with E-state index in [-0.39, 0.29) is 13.2 Å². The maximum absolute atomic E-state index is 10.3. The standard InChI is InChI=1S/C18H21N5O4/c24-8-14-12(25)6-15(27-14)23-10-22-16-17(20-9-21-18(16)23)19-7-13(26)11-4-2-1-3-5-11/h1-5,9-10,12-15,24-26H,6-8H2,(H,19,20,21)/t12-,13-,14+,15+/m0/s1. The minimum absolute atomic E-state index is 0.247. The van der Waals surface area contributed by atoms with E-state index in [0.717, 1.165) is 5.56 Å². The van der Waals surface area contributed by atoms with Crippen molar-refractivity contribution in [1.29, 1.82) is 0 Å². The van der Waals surface area contributed by atoms with E-state index < -0.39 is 24.5 Å². The minimum atomic E-state index is -0.738. The number of ether oxygens (including phenoxy) is 1. The fourth-order valence-electron chi connectivity index (χ4n) is 3.23. The summed E-state index contributed by atoms with van der Waals surface area (Å²) in [5.74, 6) is 0.506. The third-order valence-electron chi connectivity index (χ3n) is 4.70. The molecule has 0 radical (unpaired) electrons. The normalized spacial score (nSPS) is 23.6. The highest BCUT2D eigenvalue weighted by atomic mass is 16.5. The summed E-state index contributed by atoms with van der Waals surface area (Å²) in [7, 11) is 0. The second-order valence-electron chi connectivity index (χ2n) is 6.47. The van der Waals surface area contributed by atoms with Crippen molar-refractivity contribution in [3.63, 3.8) is 0 Å². The average Bonchev–Trinajstić information content (AvgIpc) is 3.30. The molecule has 4 atom stereocenters. The molecule has 1 saturated heterocycles. The van der Waals surface area contributed by atoms with Gasteiger partial charge in [-0.2, -0.15) is 0 Å². The molecule has 9 nitrogen and oxygen atoms in total. The lowest BCUT2D eigenvalue weighted by molar-refractivity contribution is -0.0432. The number of benzene rings is 1. The molecular formula is C18H21N5O4. The number of fused-ring (bicyclic) bond motifs is 1. The highest BCUT2D eigenvalue weighted by molar-refractivity contribution is 5.82. The monoisotopic (exact) mass is 371 g/mol. The van der Waals surface area contributed by atoms with Gasteiger partial charge in [-0.25, -0.2) is 15.0 Å². The Hall–Kier alpha value is -2.59. The van der Waals surface area contributed by atoms with Crippen LogP contribution in [0.15, 0.2) is 43.0 Å². The molecule has 0 unspecified atom stereocenters. The van der Waals surface area contributed by atoms with Gasteiger partial charge in [0, 0.05) is 13.0 Å². The van der Waals surface area contributed by atoms with Gasteiger partial charge in [0.2, 0.25) is 0 Å². The van der Waals surface area contributed by atoms with E-state index in [1.165, 1.54) is 6.33 Å². The van der Waals surface area contributed by atoms with E-state index in [0.29, 0.717) is 23.4 Å². The first-order valence-corrected chi connectivity index (χ1v) is 8.76. The van der Waals surface area contributed by atoms with Gasteiger partial charge in [-0.3, -0.25) is 4.57 Å². The lowest BCUT2D eigenvalue weighted by Crippen LogP contribution is -2.24. The van der Waals surface area contributed by atoms with Gasteiger partial charge >= 0.3 is 0 Å². The third-order valence-corrected chi connectivity index (χ3v) is 4.70. The molecule has 142 valence electrons. The first-order valence-electron chi connectivity index (χ1n) is 8.76. The molecule has 9 heteroatoms. The van der Waals surface area contributed by atoms with Crippen molar-refractivity contribution in [3.05, 3.63) is 48.5 Å². The summed E-state index contributed by atoms with van der Waals surface area (Å²) in [5, 5.41) is 32.6. The van der Waals surface area contributed by atoms with E-state index in [2.05, 4.69) is 20.3 Å². The van der Waals surface area contributed by atoms with Crippen LogP contribution in [0, 0.1) is 0 Å². The molecule has 0 saturated carbocycles. The van der Waals surface area contributed by atoms with Crippen LogP contribution in [0.5, 0.6) is 0 Å². The molecule has 3 heterocycles. The van der Waals surface area contributed by atoms with Crippen LogP contribution in [0.3, 0.4) is 0 Å². The van der Waals surface area contributed by atoms with Crippen LogP contribution in [0.1, 0.15) is 24.3 Å². The Morgan fingerprint density at radius 2 is 2.04 bits per heavy atom. The molecule has 0 amide bonds. The molecule has 27 heavy (non-hydrogen) atoms. The Morgan fingerprint density at radius 1 is 1.22 bits per heavy atom. The summed E-state index contributed by atoms with van der Waals surface area (Å²) in [6, 6.07) is 9.36. The van der Waals surface area contributed by atoms with Crippen molar-refractivity contribution < 1.29 is 20.1 Å². The average molecular weight is 371 g/mol. The lowest BCUT2D eigenvalue weighted by Gasteiger charge is -2.14. The molecule has 2 aromatic heterocycles. The highest BCUT2D eigenvalue weighted by Gasteiger charge is 2.35. The largest absolute Gasteiger partial charge is 0.394 e. The van der Waals surface area contributed by atoms with Crippen molar-refractivity contribution in [2.45, 2.75) is 31.0 Å². The van der Waals surface area contributed by atoms with Gasteiger partial charge in [0.15, 0.2) is 17.0 Å². The maximum atomic E-state index is 10.3. The number of anilines is 1. The quantitative estimate of drug-likeness (QED) is 0.497. The van der Waals surface area contributed by atoms with Gasteiger partial charge < -0.3 is 25.4 Å². The Bertz CT molecular complexity index is 903. The van der Waals surface area contributed by atoms with Gasteiger partial charge in [-0.05, 0) is 5.56 Å². The molecule has 4 rings (SSSR count). The minimum Gasteiger partial charge on any atom is -0.394 e. The number of hydrogen-bond donors (Lipinski definition) is 4. The Morgan fingerprint density at radius 3 is 2.78 bits per heavy atom. The van der Waals surface area contributed by atoms with Crippen molar-refractivity contribution in [2.75, 3.05) is 18.5 Å². The Kier molecular flexibility index (Phi) is 4.99. The SMILES string of the molecule is OC[C@H]1O[C@@H](n2cnc3c(NC[C@H](O)c4ccccc4)ncnc32)C[C@@H]1O. The molecule has 1 aliphatic heterocycles. The lowest BCUT2D eigenvalue weighted by atomic mass is 10.1. The number of nitrogens with one attached hydrogen (secondary N) is 1.